The highest BCUT2D eigenvalue weighted by Gasteiger charge is 2.30. The number of aromatic nitrogens is 1. The third-order valence-electron chi connectivity index (χ3n) is 3.41. The molecular weight excluding hydrogens is 302 g/mol. The Morgan fingerprint density at radius 3 is 2.22 bits per heavy atom. The van der Waals surface area contributed by atoms with E-state index in [0.717, 1.165) is 12.1 Å². The molecule has 0 bridgehead atoms. The van der Waals surface area contributed by atoms with E-state index in [1.165, 1.54) is 30.4 Å². The third kappa shape index (κ3) is 2.59. The number of carbonyl (C=O) groups excluding carboxylic acids is 3. The average Bonchev–Trinajstić information content (AvgIpc) is 3.03. The van der Waals surface area contributed by atoms with Crippen LogP contribution in [0.3, 0.4) is 0 Å². The Kier molecular flexibility index (Phi) is 3.46. The maximum atomic E-state index is 12.1. The fourth-order valence-electron chi connectivity index (χ4n) is 2.30. The molecule has 2 N–H and O–H groups in total. The minimum Gasteiger partial charge on any atom is -0.492 e. The topological polar surface area (TPSA) is 106 Å². The normalized spacial score (nSPS) is 14.4. The number of carbonyl (C=O) groups is 3. The highest BCUT2D eigenvalue weighted by Crippen LogP contribution is 2.25. The number of ketones is 2. The van der Waals surface area contributed by atoms with Crippen molar-refractivity contribution in [2.24, 2.45) is 0 Å². The number of rotatable bonds is 3. The molecule has 2 aromatic rings. The van der Waals surface area contributed by atoms with Gasteiger partial charge in [0.15, 0.2) is 11.6 Å². The van der Waals surface area contributed by atoms with Gasteiger partial charge in [0.2, 0.25) is 11.8 Å². The summed E-state index contributed by atoms with van der Waals surface area (Å²) < 4.78 is 0.558. The smallest absolute Gasteiger partial charge is 0.363 e. The van der Waals surface area contributed by atoms with Gasteiger partial charge < -0.3 is 15.1 Å². The lowest BCUT2D eigenvalue weighted by Gasteiger charge is -2.10. The fraction of sp³-hybridized carbons (Fsp3) is 0.0625. The maximum absolute atomic E-state index is 12.1. The SMILES string of the molecule is O=C(On1c(O)ccc1O)c1cccc(C2C(=O)C=CC2=O)c1. The van der Waals surface area contributed by atoms with Crippen molar-refractivity contribution in [1.29, 1.82) is 0 Å². The first-order valence-electron chi connectivity index (χ1n) is 6.65. The maximum Gasteiger partial charge on any atom is 0.363 e. The van der Waals surface area contributed by atoms with Crippen molar-refractivity contribution < 1.29 is 29.4 Å². The number of hydrogen-bond donors (Lipinski definition) is 2. The Balaban J connectivity index is 1.87. The van der Waals surface area contributed by atoms with Crippen molar-refractivity contribution in [3.63, 3.8) is 0 Å². The highest BCUT2D eigenvalue weighted by atomic mass is 16.7. The molecule has 3 rings (SSSR count). The number of aromatic hydroxyl groups is 2. The van der Waals surface area contributed by atoms with E-state index in [-0.39, 0.29) is 17.1 Å². The average molecular weight is 313 g/mol. The molecule has 0 spiro atoms. The molecule has 116 valence electrons. The Morgan fingerprint density at radius 1 is 1.00 bits per heavy atom. The first-order chi connectivity index (χ1) is 11.0. The van der Waals surface area contributed by atoms with Crippen LogP contribution in [-0.2, 0) is 9.59 Å². The van der Waals surface area contributed by atoms with E-state index >= 15 is 0 Å². The van der Waals surface area contributed by atoms with Gasteiger partial charge in [-0.15, -0.1) is 4.73 Å². The molecule has 1 aliphatic rings. The van der Waals surface area contributed by atoms with Gasteiger partial charge >= 0.3 is 5.97 Å². The second kappa shape index (κ2) is 5.45. The first-order valence-corrected chi connectivity index (χ1v) is 6.65. The summed E-state index contributed by atoms with van der Waals surface area (Å²) in [7, 11) is 0. The molecular formula is C16H11NO6. The lowest BCUT2D eigenvalue weighted by Crippen LogP contribution is -2.20. The molecule has 7 heteroatoms. The standard InChI is InChI=1S/C16H11NO6/c18-11-4-5-12(19)15(11)9-2-1-3-10(8-9)16(22)23-17-13(20)6-7-14(17)21/h1-8,15,20-21H. The predicted molar refractivity (Wildman–Crippen MR) is 77.0 cm³/mol. The molecule has 1 aromatic heterocycles. The van der Waals surface area contributed by atoms with Gasteiger partial charge in [0, 0.05) is 12.1 Å². The van der Waals surface area contributed by atoms with E-state index < -0.39 is 23.6 Å². The van der Waals surface area contributed by atoms with Crippen LogP contribution in [0.4, 0.5) is 0 Å². The monoisotopic (exact) mass is 313 g/mol. The van der Waals surface area contributed by atoms with Crippen molar-refractivity contribution in [3.8, 4) is 11.8 Å². The van der Waals surface area contributed by atoms with Crippen LogP contribution in [-0.4, -0.2) is 32.5 Å². The Hall–Kier alpha value is -3.35. The van der Waals surface area contributed by atoms with Crippen LogP contribution in [0.25, 0.3) is 0 Å². The van der Waals surface area contributed by atoms with Crippen LogP contribution < -0.4 is 4.84 Å². The molecule has 1 aromatic carbocycles. The van der Waals surface area contributed by atoms with Crippen LogP contribution in [0, 0.1) is 0 Å². The molecule has 0 fully saturated rings. The van der Waals surface area contributed by atoms with Gasteiger partial charge in [0.1, 0.15) is 5.92 Å². The predicted octanol–water partition coefficient (Wildman–Crippen LogP) is 0.960. The molecule has 0 saturated carbocycles. The number of benzene rings is 1. The summed E-state index contributed by atoms with van der Waals surface area (Å²) in [6, 6.07) is 8.18. The molecule has 0 unspecified atom stereocenters. The minimum absolute atomic E-state index is 0.0718. The Morgan fingerprint density at radius 2 is 1.61 bits per heavy atom. The molecule has 0 radical (unpaired) electrons. The molecule has 0 atom stereocenters. The van der Waals surface area contributed by atoms with Gasteiger partial charge in [-0.2, -0.15) is 0 Å². The van der Waals surface area contributed by atoms with Gasteiger partial charge in [0.05, 0.1) is 5.56 Å². The van der Waals surface area contributed by atoms with Gasteiger partial charge in [-0.05, 0) is 29.8 Å². The minimum atomic E-state index is -0.948. The van der Waals surface area contributed by atoms with E-state index in [1.54, 1.807) is 6.07 Å². The van der Waals surface area contributed by atoms with Crippen LogP contribution in [0.5, 0.6) is 11.8 Å². The Labute approximate surface area is 130 Å². The molecule has 7 nitrogen and oxygen atoms in total. The lowest BCUT2D eigenvalue weighted by molar-refractivity contribution is -0.122. The van der Waals surface area contributed by atoms with Crippen molar-refractivity contribution in [3.05, 3.63) is 59.7 Å². The summed E-state index contributed by atoms with van der Waals surface area (Å²) >= 11 is 0. The molecule has 1 aliphatic carbocycles. The van der Waals surface area contributed by atoms with Gasteiger partial charge in [-0.25, -0.2) is 4.79 Å². The summed E-state index contributed by atoms with van der Waals surface area (Å²) in [5.74, 6) is -3.40. The Bertz CT molecular complexity index is 811. The zero-order chi connectivity index (χ0) is 16.6. The zero-order valence-electron chi connectivity index (χ0n) is 11.7. The molecule has 0 saturated heterocycles. The highest BCUT2D eigenvalue weighted by molar-refractivity contribution is 6.22. The van der Waals surface area contributed by atoms with E-state index in [2.05, 4.69) is 0 Å². The van der Waals surface area contributed by atoms with Crippen molar-refractivity contribution >= 4 is 17.5 Å². The van der Waals surface area contributed by atoms with Crippen LogP contribution >= 0.6 is 0 Å². The quantitative estimate of drug-likeness (QED) is 0.818. The third-order valence-corrected chi connectivity index (χ3v) is 3.41. The second-order valence-corrected chi connectivity index (χ2v) is 4.92. The van der Waals surface area contributed by atoms with E-state index in [9.17, 15) is 24.6 Å². The molecule has 0 aliphatic heterocycles. The molecule has 23 heavy (non-hydrogen) atoms. The summed E-state index contributed by atoms with van der Waals surface area (Å²) in [5, 5.41) is 18.9. The van der Waals surface area contributed by atoms with Gasteiger partial charge in [0.25, 0.3) is 0 Å². The fourth-order valence-corrected chi connectivity index (χ4v) is 2.30. The second-order valence-electron chi connectivity index (χ2n) is 4.92. The van der Waals surface area contributed by atoms with Crippen LogP contribution in [0.15, 0.2) is 48.6 Å². The largest absolute Gasteiger partial charge is 0.492 e. The van der Waals surface area contributed by atoms with Crippen LogP contribution in [0.2, 0.25) is 0 Å². The summed E-state index contributed by atoms with van der Waals surface area (Å²) in [6.45, 7) is 0. The van der Waals surface area contributed by atoms with E-state index in [4.69, 9.17) is 4.84 Å². The van der Waals surface area contributed by atoms with Gasteiger partial charge in [-0.1, -0.05) is 12.1 Å². The van der Waals surface area contributed by atoms with Gasteiger partial charge in [-0.3, -0.25) is 9.59 Å². The molecule has 0 amide bonds. The summed E-state index contributed by atoms with van der Waals surface area (Å²) in [4.78, 5) is 40.4. The summed E-state index contributed by atoms with van der Waals surface area (Å²) in [6.07, 6.45) is 2.40. The number of allylic oxidation sites excluding steroid dienone is 2. The van der Waals surface area contributed by atoms with Crippen molar-refractivity contribution in [2.45, 2.75) is 5.92 Å². The van der Waals surface area contributed by atoms with Crippen molar-refractivity contribution in [1.82, 2.24) is 4.73 Å². The van der Waals surface area contributed by atoms with Crippen molar-refractivity contribution in [2.75, 3.05) is 0 Å². The molecule has 1 heterocycles. The number of hydrogen-bond acceptors (Lipinski definition) is 6. The van der Waals surface area contributed by atoms with E-state index in [1.807, 2.05) is 0 Å². The lowest BCUT2D eigenvalue weighted by atomic mass is 9.94. The summed E-state index contributed by atoms with van der Waals surface area (Å²) in [5.41, 5.74) is 0.447. The number of nitrogens with zero attached hydrogens (tertiary/aromatic N) is 1. The van der Waals surface area contributed by atoms with Crippen LogP contribution in [0.1, 0.15) is 21.8 Å². The van der Waals surface area contributed by atoms with E-state index in [0.29, 0.717) is 10.3 Å². The first kappa shape index (κ1) is 14.6. The zero-order valence-corrected chi connectivity index (χ0v) is 11.7.